The zero-order chi connectivity index (χ0) is 16.8. The molecule has 1 saturated carbocycles. The van der Waals surface area contributed by atoms with Crippen LogP contribution in [0.2, 0.25) is 5.02 Å². The summed E-state index contributed by atoms with van der Waals surface area (Å²) >= 11 is 11.1. The highest BCUT2D eigenvalue weighted by atomic mass is 35.5. The summed E-state index contributed by atoms with van der Waals surface area (Å²) in [5.74, 6) is 0.455. The summed E-state index contributed by atoms with van der Waals surface area (Å²) in [6.07, 6.45) is 8.37. The Balaban J connectivity index is 1.66. The fraction of sp³-hybridized carbons (Fsp3) is 0.278. The molecule has 1 aliphatic heterocycles. The zero-order valence-electron chi connectivity index (χ0n) is 12.7. The number of nitrogens with zero attached hydrogens (tertiary/aromatic N) is 1. The molecule has 4 nitrogen and oxygen atoms in total. The fourth-order valence-electron chi connectivity index (χ4n) is 3.73. The van der Waals surface area contributed by atoms with E-state index in [1.807, 2.05) is 6.08 Å². The molecule has 24 heavy (non-hydrogen) atoms. The number of allylic oxidation sites excluding steroid dienone is 3. The third kappa shape index (κ3) is 2.58. The molecular weight excluding hydrogens is 344 g/mol. The number of benzene rings is 1. The third-order valence-corrected chi connectivity index (χ3v) is 5.43. The minimum absolute atomic E-state index is 0.0947. The van der Waals surface area contributed by atoms with Crippen LogP contribution >= 0.6 is 23.8 Å². The molecule has 1 aromatic carbocycles. The zero-order valence-corrected chi connectivity index (χ0v) is 14.3. The Bertz CT molecular complexity index is 800. The first-order valence-corrected chi connectivity index (χ1v) is 8.67. The lowest BCUT2D eigenvalue weighted by atomic mass is 9.90. The van der Waals surface area contributed by atoms with Gasteiger partial charge in [0.2, 0.25) is 0 Å². The summed E-state index contributed by atoms with van der Waals surface area (Å²) in [5.41, 5.74) is 0.762. The highest BCUT2D eigenvalue weighted by molar-refractivity contribution is 7.80. The first kappa shape index (κ1) is 15.5. The molecule has 1 saturated heterocycles. The predicted octanol–water partition coefficient (Wildman–Crippen LogP) is 3.23. The van der Waals surface area contributed by atoms with Crippen molar-refractivity contribution in [2.45, 2.75) is 12.8 Å². The van der Waals surface area contributed by atoms with Crippen molar-refractivity contribution in [3.63, 3.8) is 0 Å². The van der Waals surface area contributed by atoms with Crippen LogP contribution in [-0.4, -0.2) is 16.9 Å². The Kier molecular flexibility index (Phi) is 3.77. The Morgan fingerprint density at radius 1 is 1.17 bits per heavy atom. The van der Waals surface area contributed by atoms with Crippen molar-refractivity contribution in [2.24, 2.45) is 17.8 Å². The molecule has 1 unspecified atom stereocenters. The van der Waals surface area contributed by atoms with E-state index < -0.39 is 5.91 Å². The minimum atomic E-state index is -0.415. The Hall–Kier alpha value is -1.98. The summed E-state index contributed by atoms with van der Waals surface area (Å²) in [7, 11) is 0. The van der Waals surface area contributed by atoms with Crippen molar-refractivity contribution in [3.8, 4) is 0 Å². The van der Waals surface area contributed by atoms with Crippen molar-refractivity contribution in [3.05, 3.63) is 53.1 Å². The number of carbonyl (C=O) groups excluding carboxylic acids is 2. The summed E-state index contributed by atoms with van der Waals surface area (Å²) in [6.45, 7) is 0. The van der Waals surface area contributed by atoms with Crippen molar-refractivity contribution < 1.29 is 9.59 Å². The predicted molar refractivity (Wildman–Crippen MR) is 96.6 cm³/mol. The number of nitrogens with one attached hydrogen (secondary N) is 1. The van der Waals surface area contributed by atoms with Crippen molar-refractivity contribution in [1.82, 2.24) is 5.32 Å². The van der Waals surface area contributed by atoms with E-state index in [-0.39, 0.29) is 22.5 Å². The molecule has 6 heteroatoms. The van der Waals surface area contributed by atoms with E-state index >= 15 is 0 Å². The Morgan fingerprint density at radius 3 is 2.54 bits per heavy atom. The lowest BCUT2D eigenvalue weighted by Gasteiger charge is -2.29. The van der Waals surface area contributed by atoms with Crippen molar-refractivity contribution in [2.75, 3.05) is 4.90 Å². The van der Waals surface area contributed by atoms with Gasteiger partial charge in [-0.1, -0.05) is 29.8 Å². The van der Waals surface area contributed by atoms with E-state index in [4.69, 9.17) is 23.8 Å². The second-order valence-corrected chi connectivity index (χ2v) is 7.22. The summed E-state index contributed by atoms with van der Waals surface area (Å²) in [5, 5.41) is 3.29. The first-order valence-electron chi connectivity index (χ1n) is 7.88. The number of carbonyl (C=O) groups is 2. The molecular formula is C18H15ClN2O2S. The van der Waals surface area contributed by atoms with Gasteiger partial charge in [-0.05, 0) is 67.1 Å². The van der Waals surface area contributed by atoms with Crippen LogP contribution in [0.1, 0.15) is 12.8 Å². The number of halogens is 1. The first-order chi connectivity index (χ1) is 11.5. The molecule has 1 N–H and O–H groups in total. The molecule has 1 aromatic rings. The van der Waals surface area contributed by atoms with Gasteiger partial charge in [0.1, 0.15) is 5.57 Å². The van der Waals surface area contributed by atoms with Gasteiger partial charge in [-0.25, -0.2) is 0 Å². The smallest absolute Gasteiger partial charge is 0.269 e. The summed E-state index contributed by atoms with van der Waals surface area (Å²) < 4.78 is 0. The fourth-order valence-corrected chi connectivity index (χ4v) is 4.14. The van der Waals surface area contributed by atoms with Gasteiger partial charge in [0.15, 0.2) is 5.11 Å². The number of anilines is 1. The molecule has 4 rings (SSSR count). The van der Waals surface area contributed by atoms with Gasteiger partial charge in [-0.2, -0.15) is 0 Å². The van der Waals surface area contributed by atoms with Crippen LogP contribution in [-0.2, 0) is 9.59 Å². The maximum Gasteiger partial charge on any atom is 0.269 e. The van der Waals surface area contributed by atoms with Gasteiger partial charge in [0, 0.05) is 5.02 Å². The number of thiocarbonyl (C=S) groups is 1. The highest BCUT2D eigenvalue weighted by Crippen LogP contribution is 2.44. The van der Waals surface area contributed by atoms with Crippen LogP contribution < -0.4 is 10.2 Å². The second kappa shape index (κ2) is 5.83. The van der Waals surface area contributed by atoms with Crippen LogP contribution in [0.4, 0.5) is 5.69 Å². The molecule has 0 spiro atoms. The molecule has 2 bridgehead atoms. The van der Waals surface area contributed by atoms with Gasteiger partial charge in [-0.15, -0.1) is 0 Å². The van der Waals surface area contributed by atoms with E-state index in [2.05, 4.69) is 17.5 Å². The maximum atomic E-state index is 12.9. The average Bonchev–Trinajstić information content (AvgIpc) is 3.16. The highest BCUT2D eigenvalue weighted by Gasteiger charge is 2.39. The van der Waals surface area contributed by atoms with E-state index in [1.165, 1.54) is 4.90 Å². The summed E-state index contributed by atoms with van der Waals surface area (Å²) in [6, 6.07) is 6.80. The van der Waals surface area contributed by atoms with E-state index in [1.54, 1.807) is 24.3 Å². The van der Waals surface area contributed by atoms with Gasteiger partial charge >= 0.3 is 0 Å². The molecule has 2 fully saturated rings. The van der Waals surface area contributed by atoms with Crippen LogP contribution in [0.5, 0.6) is 0 Å². The SMILES string of the molecule is O=C1NC(=S)N(c2ccc(Cl)cc2)C(=O)/C1=C\C1C[C@H]2C=C[C@@H]1C2. The number of amides is 2. The van der Waals surface area contributed by atoms with Gasteiger partial charge in [0.25, 0.3) is 11.8 Å². The van der Waals surface area contributed by atoms with Crippen LogP contribution in [0.25, 0.3) is 0 Å². The quantitative estimate of drug-likeness (QED) is 0.382. The molecule has 3 atom stereocenters. The number of hydrogen-bond acceptors (Lipinski definition) is 3. The number of fused-ring (bicyclic) bond motifs is 2. The van der Waals surface area contributed by atoms with Crippen molar-refractivity contribution >= 4 is 46.4 Å². The molecule has 1 heterocycles. The molecule has 2 amide bonds. The topological polar surface area (TPSA) is 49.4 Å². The Morgan fingerprint density at radius 2 is 1.92 bits per heavy atom. The average molecular weight is 359 g/mol. The van der Waals surface area contributed by atoms with E-state index in [0.29, 0.717) is 22.5 Å². The van der Waals surface area contributed by atoms with Gasteiger partial charge in [-0.3, -0.25) is 19.8 Å². The lowest BCUT2D eigenvalue weighted by molar-refractivity contribution is -0.122. The van der Waals surface area contributed by atoms with Crippen molar-refractivity contribution in [1.29, 1.82) is 0 Å². The summed E-state index contributed by atoms with van der Waals surface area (Å²) in [4.78, 5) is 26.5. The standard InChI is InChI=1S/C18H15ClN2O2S/c19-13-3-5-14(6-4-13)21-17(23)15(16(22)20-18(21)24)9-12-8-10-1-2-11(12)7-10/h1-6,9-12H,7-8H2,(H,20,22,24)/b15-9-/t10-,11+,12?/m0/s1. The number of rotatable bonds is 2. The second-order valence-electron chi connectivity index (χ2n) is 6.40. The van der Waals surface area contributed by atoms with Crippen LogP contribution in [0.15, 0.2) is 48.1 Å². The molecule has 122 valence electrons. The Labute approximate surface area is 150 Å². The van der Waals surface area contributed by atoms with Gasteiger partial charge < -0.3 is 0 Å². The van der Waals surface area contributed by atoms with Crippen LogP contribution in [0, 0.1) is 17.8 Å². The molecule has 0 aromatic heterocycles. The van der Waals surface area contributed by atoms with Gasteiger partial charge in [0.05, 0.1) is 5.69 Å². The monoisotopic (exact) mass is 358 g/mol. The maximum absolute atomic E-state index is 12.9. The van der Waals surface area contributed by atoms with Crippen LogP contribution in [0.3, 0.4) is 0 Å². The van der Waals surface area contributed by atoms with E-state index in [0.717, 1.165) is 12.8 Å². The third-order valence-electron chi connectivity index (χ3n) is 4.90. The van der Waals surface area contributed by atoms with E-state index in [9.17, 15) is 9.59 Å². The number of hydrogen-bond donors (Lipinski definition) is 1. The molecule has 3 aliphatic rings. The largest absolute Gasteiger partial charge is 0.298 e. The minimum Gasteiger partial charge on any atom is -0.298 e. The normalized spacial score (nSPS) is 30.4. The molecule has 2 aliphatic carbocycles. The lowest BCUT2D eigenvalue weighted by Crippen LogP contribution is -2.54. The molecule has 0 radical (unpaired) electrons.